The third kappa shape index (κ3) is 7.15. The van der Waals surface area contributed by atoms with E-state index in [1.54, 1.807) is 7.11 Å². The molecule has 0 unspecified atom stereocenters. The fourth-order valence-corrected chi connectivity index (χ4v) is 2.99. The third-order valence-corrected chi connectivity index (χ3v) is 4.42. The first-order valence-electron chi connectivity index (χ1n) is 9.10. The zero-order chi connectivity index (χ0) is 19.6. The standard InChI is InChI=1S/C19H28N4O3S/c1-14(12-25-3)20-19(27)22-21-15(2)16-6-8-17(9-7-16)26-13-18(24)23-10-4-5-11-23/h6-9,14H,4-5,10-13H2,1-3H3,(H2,20,22,27)/b21-15-/t14-/m0/s1. The molecule has 0 radical (unpaired) electrons. The molecule has 1 aromatic rings. The molecular weight excluding hydrogens is 364 g/mol. The van der Waals surface area contributed by atoms with Gasteiger partial charge in [-0.25, -0.2) is 0 Å². The number of hydrogen-bond donors (Lipinski definition) is 2. The van der Waals surface area contributed by atoms with E-state index in [0.717, 1.165) is 37.2 Å². The van der Waals surface area contributed by atoms with Gasteiger partial charge in [-0.05, 0) is 68.7 Å². The molecule has 8 heteroatoms. The summed E-state index contributed by atoms with van der Waals surface area (Å²) in [5.74, 6) is 0.708. The molecule has 1 fully saturated rings. The van der Waals surface area contributed by atoms with Gasteiger partial charge in [0.05, 0.1) is 12.3 Å². The van der Waals surface area contributed by atoms with E-state index >= 15 is 0 Å². The maximum Gasteiger partial charge on any atom is 0.260 e. The Labute approximate surface area is 166 Å². The Morgan fingerprint density at radius 1 is 1.30 bits per heavy atom. The van der Waals surface area contributed by atoms with Gasteiger partial charge < -0.3 is 19.7 Å². The number of benzene rings is 1. The van der Waals surface area contributed by atoms with Crippen LogP contribution in [0.1, 0.15) is 32.3 Å². The number of carbonyl (C=O) groups excluding carboxylic acids is 1. The van der Waals surface area contributed by atoms with Crippen LogP contribution in [0.25, 0.3) is 0 Å². The van der Waals surface area contributed by atoms with Crippen LogP contribution in [0.5, 0.6) is 5.75 Å². The number of likely N-dealkylation sites (tertiary alicyclic amines) is 1. The van der Waals surface area contributed by atoms with E-state index in [-0.39, 0.29) is 18.6 Å². The Morgan fingerprint density at radius 2 is 1.96 bits per heavy atom. The molecule has 1 amide bonds. The molecular formula is C19H28N4O3S. The van der Waals surface area contributed by atoms with Crippen LogP contribution in [0, 0.1) is 0 Å². The van der Waals surface area contributed by atoms with Crippen LogP contribution in [0.3, 0.4) is 0 Å². The Bertz CT molecular complexity index is 657. The van der Waals surface area contributed by atoms with Crippen molar-refractivity contribution in [2.75, 3.05) is 33.4 Å². The highest BCUT2D eigenvalue weighted by Crippen LogP contribution is 2.14. The first kappa shape index (κ1) is 21.1. The van der Waals surface area contributed by atoms with E-state index in [9.17, 15) is 4.79 Å². The number of thiocarbonyl (C=S) groups is 1. The zero-order valence-electron chi connectivity index (χ0n) is 16.2. The smallest absolute Gasteiger partial charge is 0.260 e. The topological polar surface area (TPSA) is 75.2 Å². The molecule has 2 N–H and O–H groups in total. The molecule has 1 aromatic carbocycles. The maximum absolute atomic E-state index is 12.0. The second-order valence-corrected chi connectivity index (χ2v) is 6.95. The van der Waals surface area contributed by atoms with Gasteiger partial charge in [-0.2, -0.15) is 5.10 Å². The summed E-state index contributed by atoms with van der Waals surface area (Å²) in [6, 6.07) is 7.58. The van der Waals surface area contributed by atoms with Gasteiger partial charge in [-0.1, -0.05) is 0 Å². The van der Waals surface area contributed by atoms with Crippen molar-refractivity contribution in [3.8, 4) is 5.75 Å². The van der Waals surface area contributed by atoms with Crippen molar-refractivity contribution in [1.29, 1.82) is 0 Å². The van der Waals surface area contributed by atoms with Crippen LogP contribution in [-0.2, 0) is 9.53 Å². The van der Waals surface area contributed by atoms with Crippen molar-refractivity contribution >= 4 is 28.9 Å². The highest BCUT2D eigenvalue weighted by atomic mass is 32.1. The molecule has 1 saturated heterocycles. The number of nitrogens with one attached hydrogen (secondary N) is 2. The Balaban J connectivity index is 1.80. The molecule has 148 valence electrons. The maximum atomic E-state index is 12.0. The van der Waals surface area contributed by atoms with Crippen LogP contribution in [0.15, 0.2) is 29.4 Å². The lowest BCUT2D eigenvalue weighted by Crippen LogP contribution is -2.40. The van der Waals surface area contributed by atoms with Crippen LogP contribution >= 0.6 is 12.2 Å². The number of carbonyl (C=O) groups is 1. The summed E-state index contributed by atoms with van der Waals surface area (Å²) in [5.41, 5.74) is 4.56. The molecule has 0 aliphatic carbocycles. The van der Waals surface area contributed by atoms with Crippen LogP contribution in [0.4, 0.5) is 0 Å². The summed E-state index contributed by atoms with van der Waals surface area (Å²) >= 11 is 5.20. The molecule has 0 spiro atoms. The summed E-state index contributed by atoms with van der Waals surface area (Å²) in [6.45, 7) is 6.18. The largest absolute Gasteiger partial charge is 0.484 e. The van der Waals surface area contributed by atoms with Crippen molar-refractivity contribution in [2.24, 2.45) is 5.10 Å². The fourth-order valence-electron chi connectivity index (χ4n) is 2.74. The number of hydrazone groups is 1. The van der Waals surface area contributed by atoms with Gasteiger partial charge in [0.25, 0.3) is 5.91 Å². The van der Waals surface area contributed by atoms with E-state index in [2.05, 4.69) is 15.8 Å². The summed E-state index contributed by atoms with van der Waals surface area (Å²) in [4.78, 5) is 13.9. The predicted molar refractivity (Wildman–Crippen MR) is 110 cm³/mol. The van der Waals surface area contributed by atoms with Gasteiger partial charge in [0, 0.05) is 26.2 Å². The minimum Gasteiger partial charge on any atom is -0.484 e. The van der Waals surface area contributed by atoms with Crippen molar-refractivity contribution in [3.05, 3.63) is 29.8 Å². The lowest BCUT2D eigenvalue weighted by atomic mass is 10.1. The summed E-state index contributed by atoms with van der Waals surface area (Å²) in [7, 11) is 1.65. The lowest BCUT2D eigenvalue weighted by Gasteiger charge is -2.15. The average Bonchev–Trinajstić information content (AvgIpc) is 3.19. The molecule has 1 aliphatic heterocycles. The quantitative estimate of drug-likeness (QED) is 0.400. The number of nitrogens with zero attached hydrogens (tertiary/aromatic N) is 2. The van der Waals surface area contributed by atoms with E-state index in [1.165, 1.54) is 0 Å². The van der Waals surface area contributed by atoms with Gasteiger partial charge in [0.15, 0.2) is 11.7 Å². The fraction of sp³-hybridized carbons (Fsp3) is 0.526. The Kier molecular flexibility index (Phi) is 8.47. The van der Waals surface area contributed by atoms with E-state index in [0.29, 0.717) is 17.5 Å². The van der Waals surface area contributed by atoms with Gasteiger partial charge in [0.2, 0.25) is 0 Å². The van der Waals surface area contributed by atoms with Crippen LogP contribution in [-0.4, -0.2) is 61.1 Å². The van der Waals surface area contributed by atoms with Gasteiger partial charge >= 0.3 is 0 Å². The molecule has 27 heavy (non-hydrogen) atoms. The third-order valence-electron chi connectivity index (χ3n) is 4.21. The normalized spacial score (nSPS) is 15.4. The SMILES string of the molecule is COC[C@H](C)NC(=S)N/N=C(/C)c1ccc(OCC(=O)N2CCCC2)cc1. The molecule has 1 aliphatic rings. The van der Waals surface area contributed by atoms with Crippen LogP contribution in [0.2, 0.25) is 0 Å². The summed E-state index contributed by atoms with van der Waals surface area (Å²) in [5, 5.41) is 7.81. The second kappa shape index (κ2) is 10.8. The first-order valence-corrected chi connectivity index (χ1v) is 9.51. The zero-order valence-corrected chi connectivity index (χ0v) is 17.0. The molecule has 2 rings (SSSR count). The number of rotatable bonds is 8. The number of methoxy groups -OCH3 is 1. The monoisotopic (exact) mass is 392 g/mol. The van der Waals surface area contributed by atoms with Gasteiger partial charge in [-0.3, -0.25) is 10.2 Å². The Hall–Kier alpha value is -2.19. The van der Waals surface area contributed by atoms with E-state index in [4.69, 9.17) is 21.7 Å². The van der Waals surface area contributed by atoms with Gasteiger partial charge in [-0.15, -0.1) is 0 Å². The van der Waals surface area contributed by atoms with Gasteiger partial charge in [0.1, 0.15) is 5.75 Å². The van der Waals surface area contributed by atoms with Crippen LogP contribution < -0.4 is 15.5 Å². The summed E-state index contributed by atoms with van der Waals surface area (Å²) in [6.07, 6.45) is 2.16. The summed E-state index contributed by atoms with van der Waals surface area (Å²) < 4.78 is 10.6. The van der Waals surface area contributed by atoms with E-state index in [1.807, 2.05) is 43.0 Å². The molecule has 1 heterocycles. The number of ether oxygens (including phenoxy) is 2. The lowest BCUT2D eigenvalue weighted by molar-refractivity contribution is -0.132. The molecule has 1 atom stereocenters. The number of hydrogen-bond acceptors (Lipinski definition) is 5. The number of amides is 1. The highest BCUT2D eigenvalue weighted by Gasteiger charge is 2.18. The molecule has 0 bridgehead atoms. The predicted octanol–water partition coefficient (Wildman–Crippen LogP) is 1.91. The average molecular weight is 393 g/mol. The van der Waals surface area contributed by atoms with Crippen molar-refractivity contribution in [2.45, 2.75) is 32.7 Å². The van der Waals surface area contributed by atoms with Crippen molar-refractivity contribution < 1.29 is 14.3 Å². The van der Waals surface area contributed by atoms with E-state index < -0.39 is 0 Å². The van der Waals surface area contributed by atoms with Crippen molar-refractivity contribution in [1.82, 2.24) is 15.6 Å². The second-order valence-electron chi connectivity index (χ2n) is 6.54. The first-order chi connectivity index (χ1) is 13.0. The molecule has 0 saturated carbocycles. The molecule has 0 aromatic heterocycles. The minimum atomic E-state index is 0.0437. The molecule has 7 nitrogen and oxygen atoms in total. The minimum absolute atomic E-state index is 0.0437. The highest BCUT2D eigenvalue weighted by molar-refractivity contribution is 7.80. The Morgan fingerprint density at radius 3 is 2.59 bits per heavy atom. The van der Waals surface area contributed by atoms with Crippen molar-refractivity contribution in [3.63, 3.8) is 0 Å².